The molecule has 0 aromatic heterocycles. The molecule has 0 radical (unpaired) electrons. The molecule has 2 aliphatic rings. The summed E-state index contributed by atoms with van der Waals surface area (Å²) in [6.07, 6.45) is 0.526. The molecule has 1 aromatic rings. The minimum atomic E-state index is -0.659. The van der Waals surface area contributed by atoms with Gasteiger partial charge in [-0.15, -0.1) is 0 Å². The van der Waals surface area contributed by atoms with Crippen LogP contribution in [-0.4, -0.2) is 35.3 Å². The third-order valence-electron chi connectivity index (χ3n) is 4.04. The molecule has 1 saturated heterocycles. The summed E-state index contributed by atoms with van der Waals surface area (Å²) in [5, 5.41) is 11.5. The number of nitriles is 1. The zero-order chi connectivity index (χ0) is 16.6. The molecular weight excluding hydrogens is 298 g/mol. The van der Waals surface area contributed by atoms with E-state index in [-0.39, 0.29) is 24.8 Å². The molecule has 1 atom stereocenters. The Kier molecular flexibility index (Phi) is 3.74. The molecule has 0 bridgehead atoms. The zero-order valence-electron chi connectivity index (χ0n) is 12.6. The first-order chi connectivity index (χ1) is 11.0. The Morgan fingerprint density at radius 1 is 1.39 bits per heavy atom. The number of hydrogen-bond donors (Lipinski definition) is 1. The molecule has 3 amide bonds. The van der Waals surface area contributed by atoms with Crippen LogP contribution in [0.2, 0.25) is 0 Å². The van der Waals surface area contributed by atoms with Crippen molar-refractivity contribution in [1.82, 2.24) is 10.2 Å². The highest BCUT2D eigenvalue weighted by Gasteiger charge is 2.39. The van der Waals surface area contributed by atoms with Crippen LogP contribution in [0.1, 0.15) is 41.3 Å². The lowest BCUT2D eigenvalue weighted by Gasteiger charge is -2.29. The van der Waals surface area contributed by atoms with Gasteiger partial charge in [-0.3, -0.25) is 19.7 Å². The van der Waals surface area contributed by atoms with E-state index in [1.165, 1.54) is 11.0 Å². The Morgan fingerprint density at radius 2 is 2.17 bits per heavy atom. The topological polar surface area (TPSA) is 99.5 Å². The van der Waals surface area contributed by atoms with Crippen molar-refractivity contribution < 1.29 is 19.1 Å². The second-order valence-corrected chi connectivity index (χ2v) is 5.45. The average Bonchev–Trinajstić information content (AvgIpc) is 2.83. The number of nitrogens with zero attached hydrogens (tertiary/aromatic N) is 2. The Balaban J connectivity index is 1.91. The van der Waals surface area contributed by atoms with Crippen LogP contribution in [0.3, 0.4) is 0 Å². The molecule has 2 aliphatic heterocycles. The van der Waals surface area contributed by atoms with Crippen molar-refractivity contribution in [2.24, 2.45) is 0 Å². The van der Waals surface area contributed by atoms with E-state index in [4.69, 9.17) is 4.74 Å². The highest BCUT2D eigenvalue weighted by molar-refractivity contribution is 6.05. The van der Waals surface area contributed by atoms with Gasteiger partial charge in [0, 0.05) is 18.5 Å². The molecule has 1 N–H and O–H groups in total. The number of ether oxygens (including phenoxy) is 1. The van der Waals surface area contributed by atoms with E-state index >= 15 is 0 Å². The highest BCUT2D eigenvalue weighted by Crippen LogP contribution is 2.32. The third kappa shape index (κ3) is 2.52. The van der Waals surface area contributed by atoms with Crippen molar-refractivity contribution in [1.29, 1.82) is 5.26 Å². The first kappa shape index (κ1) is 15.0. The molecule has 0 spiro atoms. The van der Waals surface area contributed by atoms with Crippen molar-refractivity contribution in [2.45, 2.75) is 32.4 Å². The molecule has 0 saturated carbocycles. The summed E-state index contributed by atoms with van der Waals surface area (Å²) in [7, 11) is 0. The summed E-state index contributed by atoms with van der Waals surface area (Å²) in [6, 6.07) is 4.55. The summed E-state index contributed by atoms with van der Waals surface area (Å²) in [6.45, 7) is 2.50. The molecule has 0 aliphatic carbocycles. The SMILES string of the molecule is CCOc1cc2c(cc1C#N)C(=O)N(C1CCC(=O)NC1=O)C2. The molecule has 1 aromatic carbocycles. The third-order valence-corrected chi connectivity index (χ3v) is 4.04. The van der Waals surface area contributed by atoms with Crippen LogP contribution in [0.25, 0.3) is 0 Å². The molecule has 3 rings (SSSR count). The smallest absolute Gasteiger partial charge is 0.255 e. The number of rotatable bonds is 3. The highest BCUT2D eigenvalue weighted by atomic mass is 16.5. The van der Waals surface area contributed by atoms with Gasteiger partial charge in [-0.05, 0) is 31.0 Å². The van der Waals surface area contributed by atoms with Crippen LogP contribution >= 0.6 is 0 Å². The van der Waals surface area contributed by atoms with Gasteiger partial charge in [0.25, 0.3) is 5.91 Å². The van der Waals surface area contributed by atoms with Crippen LogP contribution in [0.4, 0.5) is 0 Å². The average molecular weight is 313 g/mol. The fourth-order valence-corrected chi connectivity index (χ4v) is 2.96. The lowest BCUT2D eigenvalue weighted by Crippen LogP contribution is -2.52. The normalized spacial score (nSPS) is 20.1. The number of fused-ring (bicyclic) bond motifs is 1. The molecule has 7 heteroatoms. The lowest BCUT2D eigenvalue weighted by atomic mass is 10.0. The molecule has 1 unspecified atom stereocenters. The fourth-order valence-electron chi connectivity index (χ4n) is 2.96. The van der Waals surface area contributed by atoms with Crippen molar-refractivity contribution in [2.75, 3.05) is 6.61 Å². The Bertz CT molecular complexity index is 750. The zero-order valence-corrected chi connectivity index (χ0v) is 12.6. The van der Waals surface area contributed by atoms with Crippen molar-refractivity contribution in [3.63, 3.8) is 0 Å². The largest absolute Gasteiger partial charge is 0.492 e. The summed E-state index contributed by atoms with van der Waals surface area (Å²) in [5.74, 6) is -0.630. The number of imide groups is 1. The van der Waals surface area contributed by atoms with Crippen LogP contribution in [-0.2, 0) is 16.1 Å². The van der Waals surface area contributed by atoms with E-state index in [1.54, 1.807) is 6.07 Å². The van der Waals surface area contributed by atoms with Gasteiger partial charge in [0.05, 0.1) is 12.2 Å². The van der Waals surface area contributed by atoms with Gasteiger partial charge >= 0.3 is 0 Å². The minimum Gasteiger partial charge on any atom is -0.492 e. The number of hydrogen-bond acceptors (Lipinski definition) is 5. The second kappa shape index (κ2) is 5.72. The molecule has 1 fully saturated rings. The van der Waals surface area contributed by atoms with Gasteiger partial charge in [-0.25, -0.2) is 0 Å². The van der Waals surface area contributed by atoms with E-state index in [0.29, 0.717) is 29.9 Å². The predicted molar refractivity (Wildman–Crippen MR) is 78.4 cm³/mol. The van der Waals surface area contributed by atoms with Gasteiger partial charge in [-0.1, -0.05) is 0 Å². The van der Waals surface area contributed by atoms with Gasteiger partial charge < -0.3 is 9.64 Å². The van der Waals surface area contributed by atoms with Crippen LogP contribution < -0.4 is 10.1 Å². The molecule has 118 valence electrons. The number of piperidine rings is 1. The van der Waals surface area contributed by atoms with Crippen LogP contribution in [0.15, 0.2) is 12.1 Å². The van der Waals surface area contributed by atoms with E-state index in [9.17, 15) is 19.6 Å². The van der Waals surface area contributed by atoms with E-state index < -0.39 is 11.9 Å². The fraction of sp³-hybridized carbons (Fsp3) is 0.375. The van der Waals surface area contributed by atoms with E-state index in [0.717, 1.165) is 5.56 Å². The molecular formula is C16H15N3O4. The van der Waals surface area contributed by atoms with Crippen LogP contribution in [0.5, 0.6) is 5.75 Å². The Hall–Kier alpha value is -2.88. The number of benzene rings is 1. The maximum absolute atomic E-state index is 12.6. The Morgan fingerprint density at radius 3 is 2.83 bits per heavy atom. The maximum atomic E-state index is 12.6. The summed E-state index contributed by atoms with van der Waals surface area (Å²) in [5.41, 5.74) is 1.43. The number of carbonyl (C=O) groups excluding carboxylic acids is 3. The lowest BCUT2D eigenvalue weighted by molar-refractivity contribution is -0.136. The van der Waals surface area contributed by atoms with Crippen LogP contribution in [0, 0.1) is 11.3 Å². The first-order valence-electron chi connectivity index (χ1n) is 7.39. The van der Waals surface area contributed by atoms with Crippen molar-refractivity contribution in [3.05, 3.63) is 28.8 Å². The van der Waals surface area contributed by atoms with Crippen molar-refractivity contribution in [3.8, 4) is 11.8 Å². The number of nitrogens with one attached hydrogen (secondary N) is 1. The monoisotopic (exact) mass is 313 g/mol. The van der Waals surface area contributed by atoms with E-state index in [2.05, 4.69) is 5.32 Å². The minimum absolute atomic E-state index is 0.212. The predicted octanol–water partition coefficient (Wildman–Crippen LogP) is 0.718. The summed E-state index contributed by atoms with van der Waals surface area (Å²) < 4.78 is 5.43. The molecule has 2 heterocycles. The van der Waals surface area contributed by atoms with E-state index in [1.807, 2.05) is 13.0 Å². The Labute approximate surface area is 132 Å². The molecule has 23 heavy (non-hydrogen) atoms. The number of amides is 3. The summed E-state index contributed by atoms with van der Waals surface area (Å²) in [4.78, 5) is 37.2. The summed E-state index contributed by atoms with van der Waals surface area (Å²) >= 11 is 0. The standard InChI is InChI=1S/C16H15N3O4/c1-2-23-13-6-10-8-19(12-3-4-14(20)18-15(12)21)16(22)11(10)5-9(13)7-17/h5-6,12H,2-4,8H2,1H3,(H,18,20,21). The number of carbonyl (C=O) groups is 3. The van der Waals surface area contributed by atoms with Crippen molar-refractivity contribution >= 4 is 17.7 Å². The van der Waals surface area contributed by atoms with Gasteiger partial charge in [-0.2, -0.15) is 5.26 Å². The van der Waals surface area contributed by atoms with Gasteiger partial charge in [0.2, 0.25) is 11.8 Å². The second-order valence-electron chi connectivity index (χ2n) is 5.45. The van der Waals surface area contributed by atoms with Gasteiger partial charge in [0.1, 0.15) is 17.9 Å². The quantitative estimate of drug-likeness (QED) is 0.829. The van der Waals surface area contributed by atoms with Gasteiger partial charge in [0.15, 0.2) is 0 Å². The maximum Gasteiger partial charge on any atom is 0.255 e. The first-order valence-corrected chi connectivity index (χ1v) is 7.39. The molecule has 7 nitrogen and oxygen atoms in total.